The summed E-state index contributed by atoms with van der Waals surface area (Å²) in [4.78, 5) is 0. The van der Waals surface area contributed by atoms with Gasteiger partial charge in [-0.3, -0.25) is 0 Å². The molecule has 5 nitrogen and oxygen atoms in total. The summed E-state index contributed by atoms with van der Waals surface area (Å²) in [6, 6.07) is 10.4. The highest BCUT2D eigenvalue weighted by Gasteiger charge is 2.33. The monoisotopic (exact) mass is 368 g/mol. The van der Waals surface area contributed by atoms with E-state index in [-0.39, 0.29) is 5.75 Å². The maximum Gasteiger partial charge on any atom is 0.214 e. The second-order valence-electron chi connectivity index (χ2n) is 6.69. The molecule has 0 aliphatic carbocycles. The quantitative estimate of drug-likeness (QED) is 0.645. The lowest BCUT2D eigenvalue weighted by Crippen LogP contribution is -2.51. The smallest absolute Gasteiger partial charge is 0.214 e. The van der Waals surface area contributed by atoms with Gasteiger partial charge in [-0.05, 0) is 30.9 Å². The minimum atomic E-state index is -3.18. The molecule has 2 unspecified atom stereocenters. The highest BCUT2D eigenvalue weighted by molar-refractivity contribution is 7.89. The Bertz CT molecular complexity index is 592. The minimum Gasteiger partial charge on any atom is -0.377 e. The van der Waals surface area contributed by atoms with E-state index < -0.39 is 10.0 Å². The van der Waals surface area contributed by atoms with Crippen LogP contribution >= 0.6 is 0 Å². The predicted molar refractivity (Wildman–Crippen MR) is 102 cm³/mol. The third kappa shape index (κ3) is 6.37. The van der Waals surface area contributed by atoms with Gasteiger partial charge in [0.15, 0.2) is 0 Å². The van der Waals surface area contributed by atoms with E-state index in [2.05, 4.69) is 19.2 Å². The van der Waals surface area contributed by atoms with Crippen LogP contribution in [-0.4, -0.2) is 50.8 Å². The predicted octanol–water partition coefficient (Wildman–Crippen LogP) is 2.63. The Morgan fingerprint density at radius 1 is 1.24 bits per heavy atom. The molecule has 1 fully saturated rings. The summed E-state index contributed by atoms with van der Waals surface area (Å²) in [5, 5.41) is 3.49. The van der Waals surface area contributed by atoms with Crippen LogP contribution in [0.5, 0.6) is 0 Å². The highest BCUT2D eigenvalue weighted by atomic mass is 32.2. The summed E-state index contributed by atoms with van der Waals surface area (Å²) in [6.07, 6.45) is 2.44. The van der Waals surface area contributed by atoms with Crippen LogP contribution in [0.3, 0.4) is 0 Å². The molecule has 2 rings (SSSR count). The maximum atomic E-state index is 12.6. The van der Waals surface area contributed by atoms with Crippen molar-refractivity contribution in [2.45, 2.75) is 45.8 Å². The molecule has 1 aromatic carbocycles. The average molecular weight is 369 g/mol. The van der Waals surface area contributed by atoms with E-state index >= 15 is 0 Å². The summed E-state index contributed by atoms with van der Waals surface area (Å²) in [5.41, 5.74) is 1.11. The minimum absolute atomic E-state index is 0.171. The first kappa shape index (κ1) is 20.4. The van der Waals surface area contributed by atoms with Gasteiger partial charge in [0.2, 0.25) is 10.0 Å². The fourth-order valence-corrected chi connectivity index (χ4v) is 4.98. The van der Waals surface area contributed by atoms with Gasteiger partial charge < -0.3 is 10.1 Å². The first-order chi connectivity index (χ1) is 12.1. The Kier molecular flexibility index (Phi) is 8.36. The van der Waals surface area contributed by atoms with Crippen molar-refractivity contribution in [1.82, 2.24) is 9.62 Å². The first-order valence-corrected chi connectivity index (χ1v) is 11.0. The van der Waals surface area contributed by atoms with Gasteiger partial charge in [0.25, 0.3) is 0 Å². The standard InChI is InChI=1S/C19H32N2O3S/c1-3-18-15-21(12-11-19(18)20-4-2)25(22,23)14-8-13-24-16-17-9-6-5-7-10-17/h5-7,9-10,18-20H,3-4,8,11-16H2,1-2H3. The second-order valence-corrected chi connectivity index (χ2v) is 8.78. The first-order valence-electron chi connectivity index (χ1n) is 9.39. The van der Waals surface area contributed by atoms with Gasteiger partial charge in [0.1, 0.15) is 0 Å². The van der Waals surface area contributed by atoms with Crippen LogP contribution in [0.2, 0.25) is 0 Å². The lowest BCUT2D eigenvalue weighted by atomic mass is 9.91. The van der Waals surface area contributed by atoms with Gasteiger partial charge >= 0.3 is 0 Å². The van der Waals surface area contributed by atoms with Crippen LogP contribution in [0.25, 0.3) is 0 Å². The molecule has 1 heterocycles. The molecule has 2 atom stereocenters. The van der Waals surface area contributed by atoms with Gasteiger partial charge in [-0.2, -0.15) is 0 Å². The van der Waals surface area contributed by atoms with E-state index in [1.54, 1.807) is 4.31 Å². The second kappa shape index (κ2) is 10.3. The van der Waals surface area contributed by atoms with Gasteiger partial charge in [-0.25, -0.2) is 12.7 Å². The number of ether oxygens (including phenoxy) is 1. The van der Waals surface area contributed by atoms with Crippen LogP contribution in [0.1, 0.15) is 38.7 Å². The molecule has 6 heteroatoms. The Balaban J connectivity index is 1.73. The number of piperidine rings is 1. The molecule has 1 aliphatic rings. The maximum absolute atomic E-state index is 12.6. The Morgan fingerprint density at radius 2 is 2.00 bits per heavy atom. The normalized spacial score (nSPS) is 22.2. The zero-order valence-corrected chi connectivity index (χ0v) is 16.3. The molecule has 1 aromatic rings. The van der Waals surface area contributed by atoms with Crippen molar-refractivity contribution < 1.29 is 13.2 Å². The van der Waals surface area contributed by atoms with Gasteiger partial charge in [0, 0.05) is 25.7 Å². The van der Waals surface area contributed by atoms with Crippen LogP contribution < -0.4 is 5.32 Å². The third-order valence-corrected chi connectivity index (χ3v) is 6.81. The van der Waals surface area contributed by atoms with Crippen LogP contribution in [0.4, 0.5) is 0 Å². The summed E-state index contributed by atoms with van der Waals surface area (Å²) < 4.78 is 32.5. The molecule has 0 amide bonds. The fraction of sp³-hybridized carbons (Fsp3) is 0.684. The topological polar surface area (TPSA) is 58.6 Å². The molecule has 0 radical (unpaired) electrons. The average Bonchev–Trinajstić information content (AvgIpc) is 2.62. The number of hydrogen-bond acceptors (Lipinski definition) is 4. The molecule has 1 saturated heterocycles. The zero-order valence-electron chi connectivity index (χ0n) is 15.5. The van der Waals surface area contributed by atoms with Gasteiger partial charge in [-0.15, -0.1) is 0 Å². The third-order valence-electron chi connectivity index (χ3n) is 4.88. The molecular formula is C19H32N2O3S. The number of nitrogens with one attached hydrogen (secondary N) is 1. The van der Waals surface area contributed by atoms with Crippen molar-refractivity contribution in [2.75, 3.05) is 32.0 Å². The molecule has 0 saturated carbocycles. The van der Waals surface area contributed by atoms with Gasteiger partial charge in [-0.1, -0.05) is 50.6 Å². The van der Waals surface area contributed by atoms with Crippen molar-refractivity contribution in [3.63, 3.8) is 0 Å². The molecule has 0 bridgehead atoms. The molecule has 142 valence electrons. The number of hydrogen-bond donors (Lipinski definition) is 1. The largest absolute Gasteiger partial charge is 0.377 e. The summed E-state index contributed by atoms with van der Waals surface area (Å²) in [7, 11) is -3.18. The molecular weight excluding hydrogens is 336 g/mol. The molecule has 0 aromatic heterocycles. The van der Waals surface area contributed by atoms with Crippen molar-refractivity contribution >= 4 is 10.0 Å². The molecule has 1 N–H and O–H groups in total. The number of benzene rings is 1. The van der Waals surface area contributed by atoms with E-state index in [0.29, 0.717) is 44.7 Å². The van der Waals surface area contributed by atoms with E-state index in [4.69, 9.17) is 4.74 Å². The van der Waals surface area contributed by atoms with Crippen LogP contribution in [0.15, 0.2) is 30.3 Å². The molecule has 1 aliphatic heterocycles. The number of nitrogens with zero attached hydrogens (tertiary/aromatic N) is 1. The number of sulfonamides is 1. The SMILES string of the molecule is CCNC1CCN(S(=O)(=O)CCCOCc2ccccc2)CC1CC. The molecule has 0 spiro atoms. The van der Waals surface area contributed by atoms with Crippen molar-refractivity contribution in [3.05, 3.63) is 35.9 Å². The summed E-state index contributed by atoms with van der Waals surface area (Å²) in [5.74, 6) is 0.571. The van der Waals surface area contributed by atoms with Gasteiger partial charge in [0.05, 0.1) is 12.4 Å². The Hall–Kier alpha value is -0.950. The Morgan fingerprint density at radius 3 is 2.68 bits per heavy atom. The lowest BCUT2D eigenvalue weighted by molar-refractivity contribution is 0.121. The van der Waals surface area contributed by atoms with Crippen molar-refractivity contribution in [1.29, 1.82) is 0 Å². The van der Waals surface area contributed by atoms with Crippen molar-refractivity contribution in [3.8, 4) is 0 Å². The number of rotatable bonds is 10. The van der Waals surface area contributed by atoms with E-state index in [1.807, 2.05) is 30.3 Å². The van der Waals surface area contributed by atoms with E-state index in [9.17, 15) is 8.42 Å². The van der Waals surface area contributed by atoms with E-state index in [0.717, 1.165) is 24.9 Å². The van der Waals surface area contributed by atoms with Crippen LogP contribution in [0, 0.1) is 5.92 Å². The Labute approximate surface area is 152 Å². The van der Waals surface area contributed by atoms with Crippen LogP contribution in [-0.2, 0) is 21.4 Å². The fourth-order valence-electron chi connectivity index (χ4n) is 3.43. The lowest BCUT2D eigenvalue weighted by Gasteiger charge is -2.38. The highest BCUT2D eigenvalue weighted by Crippen LogP contribution is 2.23. The van der Waals surface area contributed by atoms with Crippen molar-refractivity contribution in [2.24, 2.45) is 5.92 Å². The zero-order chi connectivity index (χ0) is 18.1. The molecule has 25 heavy (non-hydrogen) atoms. The van der Waals surface area contributed by atoms with E-state index in [1.165, 1.54) is 0 Å². The summed E-state index contributed by atoms with van der Waals surface area (Å²) in [6.45, 7) is 7.45. The summed E-state index contributed by atoms with van der Waals surface area (Å²) >= 11 is 0.